The number of benzene rings is 1. The Morgan fingerprint density at radius 3 is 2.81 bits per heavy atom. The first-order valence-electron chi connectivity index (χ1n) is 6.23. The molecule has 0 saturated heterocycles. The maximum absolute atomic E-state index is 5.66. The van der Waals surface area contributed by atoms with E-state index in [2.05, 4.69) is 37.1 Å². The van der Waals surface area contributed by atoms with Crippen molar-refractivity contribution in [2.24, 2.45) is 11.7 Å². The Morgan fingerprint density at radius 2 is 2.06 bits per heavy atom. The highest BCUT2D eigenvalue weighted by Crippen LogP contribution is 2.26. The molecule has 2 heteroatoms. The van der Waals surface area contributed by atoms with Gasteiger partial charge in [-0.3, -0.25) is 0 Å². The minimum absolute atomic E-state index is 0.554. The van der Waals surface area contributed by atoms with Gasteiger partial charge in [0.25, 0.3) is 0 Å². The predicted molar refractivity (Wildman–Crippen MR) is 70.0 cm³/mol. The fourth-order valence-electron chi connectivity index (χ4n) is 2.44. The highest BCUT2D eigenvalue weighted by Gasteiger charge is 2.12. The summed E-state index contributed by atoms with van der Waals surface area (Å²) in [6, 6.07) is 6.89. The zero-order valence-corrected chi connectivity index (χ0v) is 10.4. The Balaban J connectivity index is 2.09. The molecule has 16 heavy (non-hydrogen) atoms. The zero-order valence-electron chi connectivity index (χ0n) is 10.4. The third-order valence-electron chi connectivity index (χ3n) is 3.51. The van der Waals surface area contributed by atoms with E-state index >= 15 is 0 Å². The molecular formula is C14H22N2. The van der Waals surface area contributed by atoms with Gasteiger partial charge < -0.3 is 10.6 Å². The van der Waals surface area contributed by atoms with Crippen molar-refractivity contribution in [2.45, 2.75) is 26.2 Å². The van der Waals surface area contributed by atoms with Crippen LogP contribution < -0.4 is 10.6 Å². The van der Waals surface area contributed by atoms with Crippen LogP contribution in [-0.2, 0) is 12.8 Å². The second kappa shape index (κ2) is 4.88. The van der Waals surface area contributed by atoms with Crippen molar-refractivity contribution >= 4 is 5.69 Å². The first-order chi connectivity index (χ1) is 7.70. The van der Waals surface area contributed by atoms with Crippen molar-refractivity contribution in [3.8, 4) is 0 Å². The lowest BCUT2D eigenvalue weighted by atomic mass is 10.1. The van der Waals surface area contributed by atoms with Gasteiger partial charge in [-0.15, -0.1) is 0 Å². The fourth-order valence-corrected chi connectivity index (χ4v) is 2.44. The minimum Gasteiger partial charge on any atom is -0.374 e. The molecule has 0 bridgehead atoms. The van der Waals surface area contributed by atoms with Gasteiger partial charge in [0.2, 0.25) is 0 Å². The van der Waals surface area contributed by atoms with E-state index in [1.165, 1.54) is 24.9 Å². The molecule has 1 aliphatic rings. The Bertz CT molecular complexity index is 360. The maximum atomic E-state index is 5.66. The molecule has 0 radical (unpaired) electrons. The summed E-state index contributed by atoms with van der Waals surface area (Å²) in [5.41, 5.74) is 10.1. The maximum Gasteiger partial charge on any atom is 0.0366 e. The number of hydrogen-bond donors (Lipinski definition) is 1. The standard InChI is InChI=1S/C14H22N2/c1-11(9-15)10-16(2)14-7-6-12-4-3-5-13(12)8-14/h6-8,11H,3-5,9-10,15H2,1-2H3. The predicted octanol–water partition coefficient (Wildman–Crippen LogP) is 2.21. The molecule has 0 spiro atoms. The summed E-state index contributed by atoms with van der Waals surface area (Å²) >= 11 is 0. The van der Waals surface area contributed by atoms with Gasteiger partial charge in [-0.2, -0.15) is 0 Å². The molecule has 1 aliphatic carbocycles. The monoisotopic (exact) mass is 218 g/mol. The van der Waals surface area contributed by atoms with Crippen LogP contribution in [0.25, 0.3) is 0 Å². The van der Waals surface area contributed by atoms with Gasteiger partial charge in [-0.05, 0) is 55.0 Å². The molecular weight excluding hydrogens is 196 g/mol. The van der Waals surface area contributed by atoms with E-state index < -0.39 is 0 Å². The molecule has 0 saturated carbocycles. The van der Waals surface area contributed by atoms with E-state index in [1.54, 1.807) is 11.1 Å². The third kappa shape index (κ3) is 2.38. The van der Waals surface area contributed by atoms with E-state index in [0.717, 1.165) is 13.1 Å². The van der Waals surface area contributed by atoms with E-state index in [1.807, 2.05) is 0 Å². The van der Waals surface area contributed by atoms with Crippen LogP contribution in [0.2, 0.25) is 0 Å². The van der Waals surface area contributed by atoms with Crippen molar-refractivity contribution in [2.75, 3.05) is 25.0 Å². The summed E-state index contributed by atoms with van der Waals surface area (Å²) in [4.78, 5) is 2.32. The molecule has 1 unspecified atom stereocenters. The molecule has 0 aromatic heterocycles. The van der Waals surface area contributed by atoms with Crippen LogP contribution in [0.5, 0.6) is 0 Å². The van der Waals surface area contributed by atoms with Crippen LogP contribution in [0.1, 0.15) is 24.5 Å². The van der Waals surface area contributed by atoms with Crippen LogP contribution in [0.3, 0.4) is 0 Å². The summed E-state index contributed by atoms with van der Waals surface area (Å²) in [7, 11) is 2.16. The summed E-state index contributed by atoms with van der Waals surface area (Å²) < 4.78 is 0. The van der Waals surface area contributed by atoms with Gasteiger partial charge >= 0.3 is 0 Å². The highest BCUT2D eigenvalue weighted by molar-refractivity contribution is 5.51. The van der Waals surface area contributed by atoms with Gasteiger partial charge in [0.05, 0.1) is 0 Å². The molecule has 1 aromatic rings. The van der Waals surface area contributed by atoms with Crippen LogP contribution in [-0.4, -0.2) is 20.1 Å². The number of rotatable bonds is 4. The van der Waals surface area contributed by atoms with Gasteiger partial charge in [0.1, 0.15) is 0 Å². The average Bonchev–Trinajstić information content (AvgIpc) is 2.75. The fraction of sp³-hybridized carbons (Fsp3) is 0.571. The Labute approximate surface area is 98.4 Å². The lowest BCUT2D eigenvalue weighted by Gasteiger charge is -2.23. The summed E-state index contributed by atoms with van der Waals surface area (Å²) in [6.07, 6.45) is 3.84. The smallest absolute Gasteiger partial charge is 0.0366 e. The molecule has 1 aromatic carbocycles. The van der Waals surface area contributed by atoms with Crippen LogP contribution in [0.4, 0.5) is 5.69 Å². The van der Waals surface area contributed by atoms with E-state index in [4.69, 9.17) is 5.73 Å². The van der Waals surface area contributed by atoms with Crippen molar-refractivity contribution in [1.82, 2.24) is 0 Å². The largest absolute Gasteiger partial charge is 0.374 e. The summed E-state index contributed by atoms with van der Waals surface area (Å²) in [5.74, 6) is 0.554. The third-order valence-corrected chi connectivity index (χ3v) is 3.51. The first-order valence-corrected chi connectivity index (χ1v) is 6.23. The number of hydrogen-bond acceptors (Lipinski definition) is 2. The molecule has 0 aliphatic heterocycles. The van der Waals surface area contributed by atoms with Crippen molar-refractivity contribution in [1.29, 1.82) is 0 Å². The lowest BCUT2D eigenvalue weighted by molar-refractivity contribution is 0.590. The van der Waals surface area contributed by atoms with Crippen LogP contribution in [0.15, 0.2) is 18.2 Å². The molecule has 1 atom stereocenters. The average molecular weight is 218 g/mol. The molecule has 88 valence electrons. The summed E-state index contributed by atoms with van der Waals surface area (Å²) in [6.45, 7) is 3.99. The SMILES string of the molecule is CC(CN)CN(C)c1ccc2c(c1)CCC2. The zero-order chi connectivity index (χ0) is 11.5. The summed E-state index contributed by atoms with van der Waals surface area (Å²) in [5, 5.41) is 0. The van der Waals surface area contributed by atoms with Gasteiger partial charge in [-0.25, -0.2) is 0 Å². The topological polar surface area (TPSA) is 29.3 Å². The van der Waals surface area contributed by atoms with Crippen LogP contribution >= 0.6 is 0 Å². The van der Waals surface area contributed by atoms with E-state index in [0.29, 0.717) is 5.92 Å². The quantitative estimate of drug-likeness (QED) is 0.839. The number of nitrogens with two attached hydrogens (primary N) is 1. The van der Waals surface area contributed by atoms with Crippen molar-refractivity contribution in [3.63, 3.8) is 0 Å². The number of nitrogens with zero attached hydrogens (tertiary/aromatic N) is 1. The molecule has 0 heterocycles. The molecule has 0 fully saturated rings. The van der Waals surface area contributed by atoms with Gasteiger partial charge in [-0.1, -0.05) is 13.0 Å². The second-order valence-corrected chi connectivity index (χ2v) is 5.03. The normalized spacial score (nSPS) is 15.9. The Hall–Kier alpha value is -1.02. The molecule has 2 N–H and O–H groups in total. The second-order valence-electron chi connectivity index (χ2n) is 5.03. The number of anilines is 1. The number of fused-ring (bicyclic) bond motifs is 1. The van der Waals surface area contributed by atoms with Crippen molar-refractivity contribution < 1.29 is 0 Å². The Kier molecular flexibility index (Phi) is 3.49. The van der Waals surface area contributed by atoms with E-state index in [9.17, 15) is 0 Å². The Morgan fingerprint density at radius 1 is 1.31 bits per heavy atom. The number of aryl methyl sites for hydroxylation is 2. The molecule has 2 rings (SSSR count). The minimum atomic E-state index is 0.554. The first kappa shape index (κ1) is 11.5. The molecule has 2 nitrogen and oxygen atoms in total. The van der Waals surface area contributed by atoms with Gasteiger partial charge in [0.15, 0.2) is 0 Å². The van der Waals surface area contributed by atoms with Crippen molar-refractivity contribution in [3.05, 3.63) is 29.3 Å². The van der Waals surface area contributed by atoms with Gasteiger partial charge in [0, 0.05) is 19.3 Å². The highest BCUT2D eigenvalue weighted by atomic mass is 15.1. The lowest BCUT2D eigenvalue weighted by Crippen LogP contribution is -2.28. The van der Waals surface area contributed by atoms with E-state index in [-0.39, 0.29) is 0 Å². The van der Waals surface area contributed by atoms with Crippen LogP contribution in [0, 0.1) is 5.92 Å². The molecule has 0 amide bonds.